The number of hydrogen-bond donors (Lipinski definition) is 2. The highest BCUT2D eigenvalue weighted by molar-refractivity contribution is 5.73. The number of carbonyl (C=O) groups is 1. The van der Waals surface area contributed by atoms with E-state index in [9.17, 15) is 4.79 Å². The normalized spacial score (nSPS) is 28.7. The van der Waals surface area contributed by atoms with Crippen LogP contribution < -0.4 is 5.32 Å². The lowest BCUT2D eigenvalue weighted by Gasteiger charge is -2.27. The van der Waals surface area contributed by atoms with Crippen LogP contribution in [-0.2, 0) is 4.79 Å². The second kappa shape index (κ2) is 6.11. The first-order valence-electron chi connectivity index (χ1n) is 6.09. The quantitative estimate of drug-likeness (QED) is 0.736. The number of carboxylic acid groups (broad SMARTS) is 1. The molecule has 3 heteroatoms. The van der Waals surface area contributed by atoms with Crippen LogP contribution in [0.2, 0.25) is 0 Å². The lowest BCUT2D eigenvalue weighted by atomic mass is 9.82. The summed E-state index contributed by atoms with van der Waals surface area (Å²) in [5.74, 6) is 0.777. The number of carboxylic acids is 1. The third kappa shape index (κ3) is 4.20. The van der Waals surface area contributed by atoms with Gasteiger partial charge in [-0.1, -0.05) is 26.7 Å². The van der Waals surface area contributed by atoms with Crippen molar-refractivity contribution in [2.45, 2.75) is 52.0 Å². The highest BCUT2D eigenvalue weighted by Gasteiger charge is 2.21. The molecule has 0 amide bonds. The number of nitrogens with one attached hydrogen (secondary N) is 1. The maximum Gasteiger partial charge on any atom is 0.320 e. The molecule has 1 aliphatic rings. The van der Waals surface area contributed by atoms with Gasteiger partial charge in [-0.3, -0.25) is 4.79 Å². The molecule has 0 heterocycles. The van der Waals surface area contributed by atoms with Gasteiger partial charge in [0.05, 0.1) is 0 Å². The Kier molecular flexibility index (Phi) is 5.09. The molecule has 3 atom stereocenters. The maximum absolute atomic E-state index is 10.8. The molecule has 2 N–H and O–H groups in total. The summed E-state index contributed by atoms with van der Waals surface area (Å²) in [6, 6.07) is -0.359. The smallest absolute Gasteiger partial charge is 0.320 e. The Balaban J connectivity index is 2.26. The zero-order valence-electron chi connectivity index (χ0n) is 9.83. The van der Waals surface area contributed by atoms with E-state index in [0.29, 0.717) is 12.3 Å². The van der Waals surface area contributed by atoms with Gasteiger partial charge in [-0.05, 0) is 37.6 Å². The summed E-state index contributed by atoms with van der Waals surface area (Å²) in [6.45, 7) is 5.07. The van der Waals surface area contributed by atoms with Crippen LogP contribution in [-0.4, -0.2) is 23.7 Å². The first-order valence-corrected chi connectivity index (χ1v) is 6.09. The minimum atomic E-state index is -0.721. The molecular weight excluding hydrogens is 190 g/mol. The van der Waals surface area contributed by atoms with E-state index in [0.717, 1.165) is 12.5 Å². The summed E-state index contributed by atoms with van der Waals surface area (Å²) in [5.41, 5.74) is 0. The van der Waals surface area contributed by atoms with E-state index < -0.39 is 5.97 Å². The molecule has 0 aromatic carbocycles. The van der Waals surface area contributed by atoms with Crippen molar-refractivity contribution < 1.29 is 9.90 Å². The zero-order valence-corrected chi connectivity index (χ0v) is 9.83. The van der Waals surface area contributed by atoms with Crippen LogP contribution in [0.4, 0.5) is 0 Å². The summed E-state index contributed by atoms with van der Waals surface area (Å²) in [5, 5.41) is 12.1. The zero-order chi connectivity index (χ0) is 11.3. The topological polar surface area (TPSA) is 49.3 Å². The largest absolute Gasteiger partial charge is 0.480 e. The lowest BCUT2D eigenvalue weighted by molar-refractivity contribution is -0.139. The molecule has 0 bridgehead atoms. The van der Waals surface area contributed by atoms with Gasteiger partial charge >= 0.3 is 5.97 Å². The van der Waals surface area contributed by atoms with Gasteiger partial charge in [0, 0.05) is 0 Å². The average Bonchev–Trinajstić information content (AvgIpc) is 2.18. The van der Waals surface area contributed by atoms with Crippen LogP contribution in [0.3, 0.4) is 0 Å². The maximum atomic E-state index is 10.8. The van der Waals surface area contributed by atoms with Gasteiger partial charge < -0.3 is 10.4 Å². The molecule has 0 aliphatic heterocycles. The summed E-state index contributed by atoms with van der Waals surface area (Å²) in [7, 11) is 0. The third-order valence-corrected chi connectivity index (χ3v) is 3.40. The third-order valence-electron chi connectivity index (χ3n) is 3.40. The molecule has 0 radical (unpaired) electrons. The fourth-order valence-electron chi connectivity index (χ4n) is 2.46. The fourth-order valence-corrected chi connectivity index (χ4v) is 2.46. The van der Waals surface area contributed by atoms with Crippen LogP contribution in [0.25, 0.3) is 0 Å². The molecule has 88 valence electrons. The molecule has 15 heavy (non-hydrogen) atoms. The van der Waals surface area contributed by atoms with Crippen molar-refractivity contribution in [1.82, 2.24) is 5.32 Å². The number of hydrogen-bond acceptors (Lipinski definition) is 2. The van der Waals surface area contributed by atoms with Gasteiger partial charge in [0.15, 0.2) is 0 Å². The lowest BCUT2D eigenvalue weighted by Crippen LogP contribution is -2.39. The van der Waals surface area contributed by atoms with Crippen LogP contribution in [0.15, 0.2) is 0 Å². The van der Waals surface area contributed by atoms with Crippen molar-refractivity contribution in [2.24, 2.45) is 11.8 Å². The Morgan fingerprint density at radius 1 is 1.53 bits per heavy atom. The van der Waals surface area contributed by atoms with Crippen molar-refractivity contribution in [3.05, 3.63) is 0 Å². The molecule has 3 unspecified atom stereocenters. The summed E-state index contributed by atoms with van der Waals surface area (Å²) >= 11 is 0. The van der Waals surface area contributed by atoms with E-state index in [4.69, 9.17) is 5.11 Å². The molecule has 0 saturated heterocycles. The van der Waals surface area contributed by atoms with Crippen molar-refractivity contribution in [3.63, 3.8) is 0 Å². The minimum absolute atomic E-state index is 0.359. The fraction of sp³-hybridized carbons (Fsp3) is 0.917. The van der Waals surface area contributed by atoms with Gasteiger partial charge in [0.1, 0.15) is 6.04 Å². The van der Waals surface area contributed by atoms with E-state index in [-0.39, 0.29) is 6.04 Å². The Hall–Kier alpha value is -0.570. The molecule has 0 aromatic heterocycles. The van der Waals surface area contributed by atoms with Crippen LogP contribution >= 0.6 is 0 Å². The highest BCUT2D eigenvalue weighted by atomic mass is 16.4. The van der Waals surface area contributed by atoms with Gasteiger partial charge in [-0.25, -0.2) is 0 Å². The minimum Gasteiger partial charge on any atom is -0.480 e. The number of aliphatic carboxylic acids is 1. The second-order valence-corrected chi connectivity index (χ2v) is 4.85. The second-order valence-electron chi connectivity index (χ2n) is 4.85. The molecule has 1 rings (SSSR count). The Bertz CT molecular complexity index is 206. The van der Waals surface area contributed by atoms with Crippen molar-refractivity contribution in [1.29, 1.82) is 0 Å². The summed E-state index contributed by atoms with van der Waals surface area (Å²) in [4.78, 5) is 10.8. The summed E-state index contributed by atoms with van der Waals surface area (Å²) < 4.78 is 0. The van der Waals surface area contributed by atoms with Crippen molar-refractivity contribution >= 4 is 5.97 Å². The van der Waals surface area contributed by atoms with Gasteiger partial charge in [0.25, 0.3) is 0 Å². The van der Waals surface area contributed by atoms with Crippen molar-refractivity contribution in [3.8, 4) is 0 Å². The standard InChI is InChI=1S/C12H23NO2/c1-3-11(12(14)15)13-8-10-6-4-5-9(2)7-10/h9-11,13H,3-8H2,1-2H3,(H,14,15). The Morgan fingerprint density at radius 3 is 2.80 bits per heavy atom. The van der Waals surface area contributed by atoms with E-state index >= 15 is 0 Å². The molecule has 3 nitrogen and oxygen atoms in total. The Labute approximate surface area is 92.3 Å². The van der Waals surface area contributed by atoms with Gasteiger partial charge in [-0.15, -0.1) is 0 Å². The molecule has 0 aromatic rings. The van der Waals surface area contributed by atoms with Gasteiger partial charge in [0.2, 0.25) is 0 Å². The SMILES string of the molecule is CCC(NCC1CCCC(C)C1)C(=O)O. The monoisotopic (exact) mass is 213 g/mol. The van der Waals surface area contributed by atoms with E-state index in [1.54, 1.807) is 0 Å². The first kappa shape index (κ1) is 12.5. The van der Waals surface area contributed by atoms with E-state index in [2.05, 4.69) is 12.2 Å². The van der Waals surface area contributed by atoms with Crippen LogP contribution in [0, 0.1) is 11.8 Å². The molecular formula is C12H23NO2. The molecule has 0 spiro atoms. The van der Waals surface area contributed by atoms with Crippen molar-refractivity contribution in [2.75, 3.05) is 6.54 Å². The molecule has 1 fully saturated rings. The van der Waals surface area contributed by atoms with Crippen LogP contribution in [0.1, 0.15) is 46.0 Å². The Morgan fingerprint density at radius 2 is 2.27 bits per heavy atom. The van der Waals surface area contributed by atoms with Gasteiger partial charge in [-0.2, -0.15) is 0 Å². The van der Waals surface area contributed by atoms with Crippen LogP contribution in [0.5, 0.6) is 0 Å². The molecule has 1 saturated carbocycles. The predicted octanol–water partition coefficient (Wildman–Crippen LogP) is 2.27. The molecule has 1 aliphatic carbocycles. The van der Waals surface area contributed by atoms with E-state index in [1.165, 1.54) is 25.7 Å². The number of rotatable bonds is 5. The van der Waals surface area contributed by atoms with E-state index in [1.807, 2.05) is 6.92 Å². The highest BCUT2D eigenvalue weighted by Crippen LogP contribution is 2.27. The summed E-state index contributed by atoms with van der Waals surface area (Å²) in [6.07, 6.45) is 5.82. The first-order chi connectivity index (χ1) is 7.13. The predicted molar refractivity (Wildman–Crippen MR) is 60.8 cm³/mol. The average molecular weight is 213 g/mol.